The molecule has 0 aliphatic carbocycles. The first-order valence-electron chi connectivity index (χ1n) is 4.11. The fraction of sp³-hybridized carbons (Fsp3) is 0.100. The average molecular weight is 207 g/mol. The monoisotopic (exact) mass is 207 g/mol. The first-order valence-corrected chi connectivity index (χ1v) is 5.34. The number of thioether (sulfide) groups is 1. The molecule has 0 amide bonds. The molecule has 0 unspecified atom stereocenters. The van der Waals surface area contributed by atoms with E-state index in [1.54, 1.807) is 23.9 Å². The number of benzene rings is 1. The summed E-state index contributed by atoms with van der Waals surface area (Å²) in [5, 5.41) is 10.4. The molecule has 1 heterocycles. The largest absolute Gasteiger partial charge is 0.506 e. The van der Waals surface area contributed by atoms with Gasteiger partial charge >= 0.3 is 0 Å². The maximum absolute atomic E-state index is 11.1. The maximum atomic E-state index is 11.1. The van der Waals surface area contributed by atoms with Gasteiger partial charge in [0, 0.05) is 16.3 Å². The number of aromatic nitrogens is 1. The lowest BCUT2D eigenvalue weighted by molar-refractivity contribution is 0.480. The van der Waals surface area contributed by atoms with Crippen molar-refractivity contribution in [3.05, 3.63) is 34.6 Å². The molecule has 0 aliphatic rings. The van der Waals surface area contributed by atoms with Crippen molar-refractivity contribution in [1.29, 1.82) is 0 Å². The van der Waals surface area contributed by atoms with Crippen LogP contribution in [0.25, 0.3) is 10.9 Å². The Kier molecular flexibility index (Phi) is 2.21. The Labute approximate surface area is 84.8 Å². The molecule has 0 spiro atoms. The summed E-state index contributed by atoms with van der Waals surface area (Å²) >= 11 is 1.58. The number of rotatable bonds is 1. The maximum Gasteiger partial charge on any atom is 0.248 e. The van der Waals surface area contributed by atoms with E-state index in [1.807, 2.05) is 12.3 Å². The molecule has 0 bridgehead atoms. The van der Waals surface area contributed by atoms with E-state index in [0.29, 0.717) is 5.52 Å². The third-order valence-corrected chi connectivity index (χ3v) is 2.85. The van der Waals surface area contributed by atoms with E-state index >= 15 is 0 Å². The molecule has 0 fully saturated rings. The van der Waals surface area contributed by atoms with Crippen LogP contribution >= 0.6 is 11.8 Å². The smallest absolute Gasteiger partial charge is 0.248 e. The quantitative estimate of drug-likeness (QED) is 0.703. The van der Waals surface area contributed by atoms with Crippen molar-refractivity contribution in [3.8, 4) is 5.75 Å². The van der Waals surface area contributed by atoms with Crippen molar-refractivity contribution in [2.45, 2.75) is 4.90 Å². The third kappa shape index (κ3) is 1.37. The molecular weight excluding hydrogens is 198 g/mol. The van der Waals surface area contributed by atoms with E-state index in [0.717, 1.165) is 10.3 Å². The summed E-state index contributed by atoms with van der Waals surface area (Å²) < 4.78 is 0. The molecule has 2 aromatic rings. The lowest BCUT2D eigenvalue weighted by Gasteiger charge is -2.04. The number of hydrogen-bond donors (Lipinski definition) is 2. The van der Waals surface area contributed by atoms with E-state index in [-0.39, 0.29) is 11.3 Å². The van der Waals surface area contributed by atoms with Crippen LogP contribution < -0.4 is 5.56 Å². The van der Waals surface area contributed by atoms with E-state index in [9.17, 15) is 9.90 Å². The number of pyridine rings is 1. The van der Waals surface area contributed by atoms with Gasteiger partial charge < -0.3 is 10.1 Å². The second-order valence-corrected chi connectivity index (χ2v) is 3.75. The van der Waals surface area contributed by atoms with Gasteiger partial charge in [0.15, 0.2) is 0 Å². The van der Waals surface area contributed by atoms with Crippen LogP contribution in [0.3, 0.4) is 0 Å². The second-order valence-electron chi connectivity index (χ2n) is 2.90. The average Bonchev–Trinajstić information content (AvgIpc) is 2.19. The molecule has 0 saturated carbocycles. The normalized spacial score (nSPS) is 10.6. The standard InChI is InChI=1S/C10H9NO2S/c1-14-8-4-3-7(12)10-6(8)2-5-9(13)11-10/h2-5,12H,1H3,(H,11,13). The SMILES string of the molecule is CSc1ccc(O)c2[nH]c(=O)ccc12. The van der Waals surface area contributed by atoms with Crippen molar-refractivity contribution in [3.63, 3.8) is 0 Å². The lowest BCUT2D eigenvalue weighted by atomic mass is 10.2. The van der Waals surface area contributed by atoms with Gasteiger partial charge in [0.2, 0.25) is 5.56 Å². The van der Waals surface area contributed by atoms with Crippen LogP contribution in [0.5, 0.6) is 5.75 Å². The van der Waals surface area contributed by atoms with Crippen LogP contribution in [0.1, 0.15) is 0 Å². The number of nitrogens with one attached hydrogen (secondary N) is 1. The molecule has 1 aromatic carbocycles. The topological polar surface area (TPSA) is 53.1 Å². The van der Waals surface area contributed by atoms with E-state index in [4.69, 9.17) is 0 Å². The zero-order chi connectivity index (χ0) is 10.1. The van der Waals surface area contributed by atoms with E-state index in [2.05, 4.69) is 4.98 Å². The molecule has 3 nitrogen and oxygen atoms in total. The number of hydrogen-bond acceptors (Lipinski definition) is 3. The Hall–Kier alpha value is -1.42. The van der Waals surface area contributed by atoms with E-state index in [1.165, 1.54) is 6.07 Å². The molecule has 0 aliphatic heterocycles. The summed E-state index contributed by atoms with van der Waals surface area (Å²) in [5.41, 5.74) is 0.301. The van der Waals surface area contributed by atoms with Gasteiger partial charge in [-0.2, -0.15) is 0 Å². The first-order chi connectivity index (χ1) is 6.72. The van der Waals surface area contributed by atoms with Crippen LogP contribution in [0.15, 0.2) is 34.0 Å². The van der Waals surface area contributed by atoms with Gasteiger partial charge in [0.25, 0.3) is 0 Å². The predicted molar refractivity (Wildman–Crippen MR) is 58.0 cm³/mol. The molecule has 0 saturated heterocycles. The van der Waals surface area contributed by atoms with Crippen LogP contribution in [-0.4, -0.2) is 16.3 Å². The first kappa shape index (κ1) is 9.15. The summed E-state index contributed by atoms with van der Waals surface area (Å²) in [7, 11) is 0. The highest BCUT2D eigenvalue weighted by atomic mass is 32.2. The van der Waals surface area contributed by atoms with Crippen molar-refractivity contribution >= 4 is 22.7 Å². The fourth-order valence-electron chi connectivity index (χ4n) is 1.39. The third-order valence-electron chi connectivity index (χ3n) is 2.05. The molecule has 4 heteroatoms. The number of phenolic OH excluding ortho intramolecular Hbond substituents is 1. The van der Waals surface area contributed by atoms with Gasteiger partial charge in [-0.3, -0.25) is 4.79 Å². The Morgan fingerprint density at radius 1 is 1.29 bits per heavy atom. The minimum absolute atomic E-state index is 0.107. The van der Waals surface area contributed by atoms with Gasteiger partial charge in [-0.1, -0.05) is 0 Å². The number of aromatic hydroxyl groups is 1. The molecule has 2 rings (SSSR count). The lowest BCUT2D eigenvalue weighted by Crippen LogP contribution is -2.02. The summed E-state index contributed by atoms with van der Waals surface area (Å²) in [6, 6.07) is 6.60. The van der Waals surface area contributed by atoms with Gasteiger partial charge in [-0.05, 0) is 24.5 Å². The summed E-state index contributed by atoms with van der Waals surface area (Å²) in [5.74, 6) is 0.107. The molecule has 0 radical (unpaired) electrons. The Balaban J connectivity index is 2.91. The highest BCUT2D eigenvalue weighted by Crippen LogP contribution is 2.29. The van der Waals surface area contributed by atoms with Gasteiger partial charge in [-0.25, -0.2) is 0 Å². The highest BCUT2D eigenvalue weighted by molar-refractivity contribution is 7.98. The van der Waals surface area contributed by atoms with Crippen LogP contribution in [0.2, 0.25) is 0 Å². The Morgan fingerprint density at radius 3 is 2.79 bits per heavy atom. The number of fused-ring (bicyclic) bond motifs is 1. The van der Waals surface area contributed by atoms with Gasteiger partial charge in [0.05, 0.1) is 5.52 Å². The summed E-state index contributed by atoms with van der Waals surface area (Å²) in [4.78, 5) is 14.7. The second kappa shape index (κ2) is 3.38. The summed E-state index contributed by atoms with van der Waals surface area (Å²) in [6.07, 6.45) is 1.96. The number of aromatic amines is 1. The fourth-order valence-corrected chi connectivity index (χ4v) is 1.98. The van der Waals surface area contributed by atoms with Crippen molar-refractivity contribution in [1.82, 2.24) is 4.98 Å². The Morgan fingerprint density at radius 2 is 2.07 bits per heavy atom. The zero-order valence-corrected chi connectivity index (χ0v) is 8.39. The molecule has 0 atom stereocenters. The van der Waals surface area contributed by atoms with Gasteiger partial charge in [0.1, 0.15) is 5.75 Å². The minimum Gasteiger partial charge on any atom is -0.506 e. The molecule has 2 N–H and O–H groups in total. The van der Waals surface area contributed by atoms with Crippen molar-refractivity contribution < 1.29 is 5.11 Å². The van der Waals surface area contributed by atoms with E-state index < -0.39 is 0 Å². The molecular formula is C10H9NO2S. The number of H-pyrrole nitrogens is 1. The van der Waals surface area contributed by atoms with Gasteiger partial charge in [-0.15, -0.1) is 11.8 Å². The molecule has 72 valence electrons. The molecule has 14 heavy (non-hydrogen) atoms. The zero-order valence-electron chi connectivity index (χ0n) is 7.57. The molecule has 1 aromatic heterocycles. The highest BCUT2D eigenvalue weighted by Gasteiger charge is 2.04. The van der Waals surface area contributed by atoms with Crippen molar-refractivity contribution in [2.75, 3.05) is 6.26 Å². The Bertz CT molecular complexity index is 533. The predicted octanol–water partition coefficient (Wildman–Crippen LogP) is 1.96. The van der Waals surface area contributed by atoms with Crippen LogP contribution in [0, 0.1) is 0 Å². The van der Waals surface area contributed by atoms with Crippen LogP contribution in [-0.2, 0) is 0 Å². The van der Waals surface area contributed by atoms with Crippen molar-refractivity contribution in [2.24, 2.45) is 0 Å². The summed E-state index contributed by atoms with van der Waals surface area (Å²) in [6.45, 7) is 0. The number of phenols is 1. The van der Waals surface area contributed by atoms with Crippen LogP contribution in [0.4, 0.5) is 0 Å². The minimum atomic E-state index is -0.203.